The lowest BCUT2D eigenvalue weighted by Crippen LogP contribution is -2.26. The Morgan fingerprint density at radius 2 is 2.28 bits per heavy atom. The summed E-state index contributed by atoms with van der Waals surface area (Å²) in [4.78, 5) is 17.6. The molecule has 7 heteroatoms. The van der Waals surface area contributed by atoms with Gasteiger partial charge in [0, 0.05) is 18.5 Å². The van der Waals surface area contributed by atoms with E-state index in [4.69, 9.17) is 15.0 Å². The first-order valence-electron chi connectivity index (χ1n) is 8.60. The molecule has 0 spiro atoms. The molecule has 1 fully saturated rings. The van der Waals surface area contributed by atoms with Crippen LogP contribution in [-0.2, 0) is 13.0 Å². The molecule has 2 aliphatic rings. The monoisotopic (exact) mass is 342 g/mol. The second-order valence-corrected chi connectivity index (χ2v) is 7.39. The predicted molar refractivity (Wildman–Crippen MR) is 90.1 cm³/mol. The first-order valence-corrected chi connectivity index (χ1v) is 8.60. The Labute approximate surface area is 146 Å². The summed E-state index contributed by atoms with van der Waals surface area (Å²) in [6.45, 7) is 5.91. The fourth-order valence-electron chi connectivity index (χ4n) is 3.79. The minimum absolute atomic E-state index is 0.00543. The molecular formula is C18H22N4O3. The van der Waals surface area contributed by atoms with Crippen molar-refractivity contribution in [1.29, 1.82) is 0 Å². The molecule has 0 bridgehead atoms. The average molecular weight is 342 g/mol. The fourth-order valence-corrected chi connectivity index (χ4v) is 3.79. The van der Waals surface area contributed by atoms with Crippen LogP contribution in [0, 0.1) is 0 Å². The van der Waals surface area contributed by atoms with Crippen molar-refractivity contribution < 1.29 is 14.1 Å². The quantitative estimate of drug-likeness (QED) is 0.915. The Kier molecular flexibility index (Phi) is 3.76. The van der Waals surface area contributed by atoms with Crippen molar-refractivity contribution in [2.75, 3.05) is 6.54 Å². The highest BCUT2D eigenvalue weighted by Gasteiger charge is 2.35. The Balaban J connectivity index is 1.57. The molecule has 0 aliphatic carbocycles. The number of fused-ring (bicyclic) bond motifs is 1. The van der Waals surface area contributed by atoms with Gasteiger partial charge in [0.25, 0.3) is 11.7 Å². The number of primary amides is 1. The Morgan fingerprint density at radius 3 is 3.04 bits per heavy atom. The molecule has 1 unspecified atom stereocenters. The number of para-hydroxylation sites is 1. The van der Waals surface area contributed by atoms with Gasteiger partial charge in [0.15, 0.2) is 0 Å². The summed E-state index contributed by atoms with van der Waals surface area (Å²) < 4.78 is 11.4. The maximum Gasteiger partial charge on any atom is 0.290 e. The van der Waals surface area contributed by atoms with Gasteiger partial charge in [-0.2, -0.15) is 4.98 Å². The first-order chi connectivity index (χ1) is 11.9. The van der Waals surface area contributed by atoms with E-state index in [1.54, 1.807) is 0 Å². The second-order valence-electron chi connectivity index (χ2n) is 7.39. The molecule has 0 radical (unpaired) electrons. The number of nitrogens with zero attached hydrogens (tertiary/aromatic N) is 3. The highest BCUT2D eigenvalue weighted by Crippen LogP contribution is 2.40. The van der Waals surface area contributed by atoms with Gasteiger partial charge in [0.05, 0.1) is 6.04 Å². The smallest absolute Gasteiger partial charge is 0.290 e. The van der Waals surface area contributed by atoms with Crippen molar-refractivity contribution in [2.24, 2.45) is 5.73 Å². The van der Waals surface area contributed by atoms with E-state index in [0.29, 0.717) is 5.89 Å². The first kappa shape index (κ1) is 16.1. The van der Waals surface area contributed by atoms with Gasteiger partial charge in [-0.3, -0.25) is 9.69 Å². The standard InChI is InChI=1S/C18H22N4O3/c1-18(2)9-11-5-3-6-12(14(11)24-18)10-22-8-4-7-13(22)17-20-16(15(19)23)21-25-17/h3,5-6,13H,4,7-10H2,1-2H3,(H2,19,23). The van der Waals surface area contributed by atoms with Crippen molar-refractivity contribution in [2.45, 2.75) is 51.3 Å². The van der Waals surface area contributed by atoms with Crippen LogP contribution in [0.15, 0.2) is 22.7 Å². The number of nitrogens with two attached hydrogens (primary N) is 1. The fraction of sp³-hybridized carbons (Fsp3) is 0.500. The molecule has 3 heterocycles. The molecule has 1 aromatic carbocycles. The molecule has 2 aromatic rings. The molecule has 1 amide bonds. The van der Waals surface area contributed by atoms with Gasteiger partial charge in [-0.25, -0.2) is 0 Å². The van der Waals surface area contributed by atoms with Crippen LogP contribution in [0.5, 0.6) is 5.75 Å². The van der Waals surface area contributed by atoms with Gasteiger partial charge in [-0.1, -0.05) is 23.4 Å². The van der Waals surface area contributed by atoms with Gasteiger partial charge in [0.1, 0.15) is 11.4 Å². The number of hydrogen-bond acceptors (Lipinski definition) is 6. The predicted octanol–water partition coefficient (Wildman–Crippen LogP) is 2.22. The SMILES string of the molecule is CC1(C)Cc2cccc(CN3CCCC3c3nc(C(N)=O)no3)c2O1. The van der Waals surface area contributed by atoms with Crippen molar-refractivity contribution in [3.63, 3.8) is 0 Å². The average Bonchev–Trinajstić information content (AvgIpc) is 3.23. The van der Waals surface area contributed by atoms with E-state index in [1.165, 1.54) is 11.1 Å². The summed E-state index contributed by atoms with van der Waals surface area (Å²) in [6, 6.07) is 6.33. The number of carbonyl (C=O) groups is 1. The summed E-state index contributed by atoms with van der Waals surface area (Å²) in [6.07, 6.45) is 2.88. The number of rotatable bonds is 4. The number of likely N-dealkylation sites (tertiary alicyclic amines) is 1. The van der Waals surface area contributed by atoms with Gasteiger partial charge in [0.2, 0.25) is 5.89 Å². The van der Waals surface area contributed by atoms with E-state index in [0.717, 1.165) is 38.1 Å². The molecule has 1 aromatic heterocycles. The second kappa shape index (κ2) is 5.84. The molecule has 0 saturated carbocycles. The van der Waals surface area contributed by atoms with Crippen LogP contribution in [0.3, 0.4) is 0 Å². The van der Waals surface area contributed by atoms with Crippen LogP contribution in [0.25, 0.3) is 0 Å². The Morgan fingerprint density at radius 1 is 1.44 bits per heavy atom. The normalized spacial score (nSPS) is 21.9. The van der Waals surface area contributed by atoms with E-state index in [9.17, 15) is 4.79 Å². The van der Waals surface area contributed by atoms with E-state index >= 15 is 0 Å². The number of amides is 1. The van der Waals surface area contributed by atoms with E-state index in [2.05, 4.69) is 47.1 Å². The van der Waals surface area contributed by atoms with Crippen LogP contribution >= 0.6 is 0 Å². The van der Waals surface area contributed by atoms with Gasteiger partial charge >= 0.3 is 0 Å². The molecule has 1 atom stereocenters. The number of aromatic nitrogens is 2. The largest absolute Gasteiger partial charge is 0.487 e. The maximum atomic E-state index is 11.2. The number of hydrogen-bond donors (Lipinski definition) is 1. The zero-order chi connectivity index (χ0) is 17.6. The Hall–Kier alpha value is -2.41. The van der Waals surface area contributed by atoms with Crippen LogP contribution in [0.1, 0.15) is 60.4 Å². The highest BCUT2D eigenvalue weighted by atomic mass is 16.5. The zero-order valence-electron chi connectivity index (χ0n) is 14.5. The molecule has 7 nitrogen and oxygen atoms in total. The molecule has 25 heavy (non-hydrogen) atoms. The van der Waals surface area contributed by atoms with Crippen molar-refractivity contribution >= 4 is 5.91 Å². The summed E-state index contributed by atoms with van der Waals surface area (Å²) >= 11 is 0. The summed E-state index contributed by atoms with van der Waals surface area (Å²) in [7, 11) is 0. The number of benzene rings is 1. The molecule has 2 aliphatic heterocycles. The number of carbonyl (C=O) groups excluding carboxylic acids is 1. The van der Waals surface area contributed by atoms with Crippen molar-refractivity contribution in [3.05, 3.63) is 41.0 Å². The van der Waals surface area contributed by atoms with Crippen LogP contribution in [0.4, 0.5) is 0 Å². The minimum atomic E-state index is -0.670. The van der Waals surface area contributed by atoms with E-state index in [1.807, 2.05) is 0 Å². The van der Waals surface area contributed by atoms with E-state index < -0.39 is 5.91 Å². The number of ether oxygens (including phenoxy) is 1. The van der Waals surface area contributed by atoms with Crippen LogP contribution in [-0.4, -0.2) is 33.1 Å². The third kappa shape index (κ3) is 3.00. The highest BCUT2D eigenvalue weighted by molar-refractivity contribution is 5.88. The lowest BCUT2D eigenvalue weighted by atomic mass is 10.0. The van der Waals surface area contributed by atoms with Gasteiger partial charge in [-0.05, 0) is 38.8 Å². The molecule has 2 N–H and O–H groups in total. The van der Waals surface area contributed by atoms with Gasteiger partial charge in [-0.15, -0.1) is 0 Å². The van der Waals surface area contributed by atoms with Crippen molar-refractivity contribution in [3.8, 4) is 5.75 Å². The summed E-state index contributed by atoms with van der Waals surface area (Å²) in [5.74, 6) is 0.727. The topological polar surface area (TPSA) is 94.5 Å². The van der Waals surface area contributed by atoms with Crippen LogP contribution in [0.2, 0.25) is 0 Å². The molecular weight excluding hydrogens is 320 g/mol. The summed E-state index contributed by atoms with van der Waals surface area (Å²) in [5, 5.41) is 3.67. The third-order valence-corrected chi connectivity index (χ3v) is 4.86. The third-order valence-electron chi connectivity index (χ3n) is 4.86. The lowest BCUT2D eigenvalue weighted by Gasteiger charge is -2.23. The van der Waals surface area contributed by atoms with Gasteiger partial charge < -0.3 is 15.0 Å². The minimum Gasteiger partial charge on any atom is -0.487 e. The van der Waals surface area contributed by atoms with Crippen LogP contribution < -0.4 is 10.5 Å². The van der Waals surface area contributed by atoms with Crippen molar-refractivity contribution in [1.82, 2.24) is 15.0 Å². The molecule has 132 valence electrons. The maximum absolute atomic E-state index is 11.2. The Bertz CT molecular complexity index is 814. The van der Waals surface area contributed by atoms with E-state index in [-0.39, 0.29) is 17.5 Å². The molecule has 1 saturated heterocycles. The zero-order valence-corrected chi connectivity index (χ0v) is 14.5. The lowest BCUT2D eigenvalue weighted by molar-refractivity contribution is 0.0987. The molecule has 4 rings (SSSR count). The summed E-state index contributed by atoms with van der Waals surface area (Å²) in [5.41, 5.74) is 7.48.